The molecule has 18 heavy (non-hydrogen) atoms. The van der Waals surface area contributed by atoms with Gasteiger partial charge in [-0.3, -0.25) is 4.90 Å². The van der Waals surface area contributed by atoms with E-state index in [1.165, 1.54) is 42.3 Å². The normalized spacial score (nSPS) is 27.5. The summed E-state index contributed by atoms with van der Waals surface area (Å²) >= 11 is 3.57. The molecule has 98 valence electrons. The third-order valence-corrected chi connectivity index (χ3v) is 4.98. The zero-order valence-corrected chi connectivity index (χ0v) is 12.5. The summed E-state index contributed by atoms with van der Waals surface area (Å²) in [6.45, 7) is 2.34. The van der Waals surface area contributed by atoms with Crippen molar-refractivity contribution < 1.29 is 0 Å². The number of fused-ring (bicyclic) bond motifs is 1. The maximum atomic E-state index is 3.57. The molecule has 2 atom stereocenters. The number of likely N-dealkylation sites (N-methyl/N-ethyl adjacent to an activating group) is 1. The number of benzene rings is 1. The average Bonchev–Trinajstić information content (AvgIpc) is 2.81. The highest BCUT2D eigenvalue weighted by Crippen LogP contribution is 2.37. The molecule has 1 aliphatic heterocycles. The molecule has 0 saturated carbocycles. The maximum Gasteiger partial charge on any atom is 0.0354 e. The summed E-state index contributed by atoms with van der Waals surface area (Å²) in [6.07, 6.45) is 5.16. The van der Waals surface area contributed by atoms with Crippen LogP contribution in [-0.4, -0.2) is 31.1 Å². The zero-order chi connectivity index (χ0) is 12.5. The molecule has 0 spiro atoms. The summed E-state index contributed by atoms with van der Waals surface area (Å²) < 4.78 is 1.21. The van der Waals surface area contributed by atoms with E-state index in [4.69, 9.17) is 0 Å². The van der Waals surface area contributed by atoms with Gasteiger partial charge in [0.2, 0.25) is 0 Å². The number of hydrogen-bond donors (Lipinski definition) is 1. The molecule has 1 heterocycles. The minimum Gasteiger partial charge on any atom is -0.315 e. The van der Waals surface area contributed by atoms with Crippen molar-refractivity contribution in [3.8, 4) is 0 Å². The number of hydrogen-bond acceptors (Lipinski definition) is 2. The smallest absolute Gasteiger partial charge is 0.0354 e. The van der Waals surface area contributed by atoms with Gasteiger partial charge in [0, 0.05) is 23.1 Å². The lowest BCUT2D eigenvalue weighted by molar-refractivity contribution is 0.146. The third-order valence-electron chi connectivity index (χ3n) is 4.49. The molecule has 1 aromatic rings. The molecule has 0 aromatic heterocycles. The predicted molar refractivity (Wildman–Crippen MR) is 78.9 cm³/mol. The van der Waals surface area contributed by atoms with E-state index in [0.717, 1.165) is 6.54 Å². The first-order chi connectivity index (χ1) is 8.75. The van der Waals surface area contributed by atoms with Crippen LogP contribution in [0.3, 0.4) is 0 Å². The van der Waals surface area contributed by atoms with Crippen molar-refractivity contribution >= 4 is 15.9 Å². The first-order valence-corrected chi connectivity index (χ1v) is 7.76. The van der Waals surface area contributed by atoms with Crippen LogP contribution in [0.15, 0.2) is 22.7 Å². The summed E-state index contributed by atoms with van der Waals surface area (Å²) in [4.78, 5) is 2.60. The molecule has 2 aliphatic rings. The Morgan fingerprint density at radius 2 is 2.22 bits per heavy atom. The lowest BCUT2D eigenvalue weighted by Gasteiger charge is -2.36. The Balaban J connectivity index is 1.78. The highest BCUT2D eigenvalue weighted by Gasteiger charge is 2.30. The molecule has 1 saturated heterocycles. The molecule has 3 rings (SSSR count). The van der Waals surface area contributed by atoms with Crippen LogP contribution < -0.4 is 5.32 Å². The Labute approximate surface area is 118 Å². The van der Waals surface area contributed by atoms with E-state index in [1.807, 2.05) is 0 Å². The van der Waals surface area contributed by atoms with Crippen LogP contribution >= 0.6 is 15.9 Å². The summed E-state index contributed by atoms with van der Waals surface area (Å²) in [5.41, 5.74) is 3.08. The lowest BCUT2D eigenvalue weighted by Crippen LogP contribution is -2.45. The van der Waals surface area contributed by atoms with Gasteiger partial charge >= 0.3 is 0 Å². The molecular weight excluding hydrogens is 288 g/mol. The van der Waals surface area contributed by atoms with Crippen LogP contribution in [0.2, 0.25) is 0 Å². The van der Waals surface area contributed by atoms with Gasteiger partial charge in [0.15, 0.2) is 0 Å². The van der Waals surface area contributed by atoms with E-state index < -0.39 is 0 Å². The number of piperidine rings is 1. The molecule has 3 heteroatoms. The summed E-state index contributed by atoms with van der Waals surface area (Å²) in [6, 6.07) is 8.12. The van der Waals surface area contributed by atoms with Gasteiger partial charge in [-0.05, 0) is 62.5 Å². The lowest BCUT2D eigenvalue weighted by atomic mass is 10.0. The first kappa shape index (κ1) is 12.6. The molecule has 2 unspecified atom stereocenters. The van der Waals surface area contributed by atoms with Crippen molar-refractivity contribution in [1.29, 1.82) is 0 Å². The molecule has 1 fully saturated rings. The number of aryl methyl sites for hydroxylation is 1. The summed E-state index contributed by atoms with van der Waals surface area (Å²) in [5.74, 6) is 0. The molecule has 2 nitrogen and oxygen atoms in total. The Morgan fingerprint density at radius 1 is 1.33 bits per heavy atom. The summed E-state index contributed by atoms with van der Waals surface area (Å²) in [7, 11) is 2.31. The third kappa shape index (κ3) is 2.36. The second-order valence-corrected chi connectivity index (χ2v) is 6.48. The zero-order valence-electron chi connectivity index (χ0n) is 11.0. The van der Waals surface area contributed by atoms with E-state index in [2.05, 4.69) is 51.4 Å². The van der Waals surface area contributed by atoms with Crippen LogP contribution in [0.25, 0.3) is 0 Å². The van der Waals surface area contributed by atoms with Gasteiger partial charge < -0.3 is 5.32 Å². The highest BCUT2D eigenvalue weighted by molar-refractivity contribution is 9.10. The van der Waals surface area contributed by atoms with E-state index >= 15 is 0 Å². The maximum absolute atomic E-state index is 3.57. The molecular formula is C15H21BrN2. The average molecular weight is 309 g/mol. The predicted octanol–water partition coefficient (Wildman–Crippen LogP) is 3.12. The minimum absolute atomic E-state index is 0.623. The molecule has 0 bridgehead atoms. The first-order valence-electron chi connectivity index (χ1n) is 6.96. The Kier molecular flexibility index (Phi) is 3.73. The Hall–Kier alpha value is -0.380. The fourth-order valence-electron chi connectivity index (χ4n) is 3.42. The largest absolute Gasteiger partial charge is 0.315 e. The van der Waals surface area contributed by atoms with E-state index in [-0.39, 0.29) is 0 Å². The van der Waals surface area contributed by atoms with Gasteiger partial charge in [0.25, 0.3) is 0 Å². The van der Waals surface area contributed by atoms with Gasteiger partial charge in [-0.25, -0.2) is 0 Å². The van der Waals surface area contributed by atoms with Crippen molar-refractivity contribution in [2.24, 2.45) is 0 Å². The second kappa shape index (κ2) is 5.32. The fraction of sp³-hybridized carbons (Fsp3) is 0.600. The van der Waals surface area contributed by atoms with Crippen molar-refractivity contribution in [1.82, 2.24) is 10.2 Å². The minimum atomic E-state index is 0.623. The van der Waals surface area contributed by atoms with Crippen LogP contribution in [0, 0.1) is 0 Å². The highest BCUT2D eigenvalue weighted by atomic mass is 79.9. The van der Waals surface area contributed by atoms with Gasteiger partial charge in [-0.15, -0.1) is 0 Å². The van der Waals surface area contributed by atoms with Gasteiger partial charge in [-0.1, -0.05) is 22.0 Å². The molecule has 1 N–H and O–H groups in total. The van der Waals surface area contributed by atoms with Gasteiger partial charge in [0.05, 0.1) is 0 Å². The van der Waals surface area contributed by atoms with E-state index in [1.54, 1.807) is 5.56 Å². The number of nitrogens with zero attached hydrogens (tertiary/aromatic N) is 1. The van der Waals surface area contributed by atoms with Gasteiger partial charge in [0.1, 0.15) is 0 Å². The van der Waals surface area contributed by atoms with Crippen LogP contribution in [0.5, 0.6) is 0 Å². The SMILES string of the molecule is CN(C1CCCNC1)C1CCc2cc(Br)ccc21. The number of nitrogens with one attached hydrogen (secondary N) is 1. The van der Waals surface area contributed by atoms with E-state index in [9.17, 15) is 0 Å². The molecule has 1 aromatic carbocycles. The van der Waals surface area contributed by atoms with Crippen LogP contribution in [-0.2, 0) is 6.42 Å². The second-order valence-electron chi connectivity index (χ2n) is 5.56. The molecule has 1 aliphatic carbocycles. The Bertz CT molecular complexity index is 427. The van der Waals surface area contributed by atoms with Crippen LogP contribution in [0.4, 0.5) is 0 Å². The van der Waals surface area contributed by atoms with Crippen LogP contribution in [0.1, 0.15) is 36.4 Å². The van der Waals surface area contributed by atoms with Crippen molar-refractivity contribution in [2.45, 2.75) is 37.8 Å². The van der Waals surface area contributed by atoms with Crippen molar-refractivity contribution in [3.05, 3.63) is 33.8 Å². The standard InChI is InChI=1S/C15H21BrN2/c1-18(13-3-2-8-17-10-13)15-7-4-11-9-12(16)5-6-14(11)15/h5-6,9,13,15,17H,2-4,7-8,10H2,1H3. The van der Waals surface area contributed by atoms with Gasteiger partial charge in [-0.2, -0.15) is 0 Å². The van der Waals surface area contributed by atoms with Crippen molar-refractivity contribution in [3.63, 3.8) is 0 Å². The Morgan fingerprint density at radius 3 is 3.00 bits per heavy atom. The quantitative estimate of drug-likeness (QED) is 0.903. The molecule has 0 radical (unpaired) electrons. The topological polar surface area (TPSA) is 15.3 Å². The number of halogens is 1. The fourth-order valence-corrected chi connectivity index (χ4v) is 3.83. The van der Waals surface area contributed by atoms with E-state index in [0.29, 0.717) is 12.1 Å². The monoisotopic (exact) mass is 308 g/mol. The number of rotatable bonds is 2. The molecule has 0 amide bonds. The summed E-state index contributed by atoms with van der Waals surface area (Å²) in [5, 5.41) is 3.52. The van der Waals surface area contributed by atoms with Crippen molar-refractivity contribution in [2.75, 3.05) is 20.1 Å².